The second-order valence-corrected chi connectivity index (χ2v) is 5.12. The molecule has 2 N–H and O–H groups in total. The van der Waals surface area contributed by atoms with Gasteiger partial charge in [-0.1, -0.05) is 29.8 Å². The van der Waals surface area contributed by atoms with Gasteiger partial charge in [0, 0.05) is 6.42 Å². The summed E-state index contributed by atoms with van der Waals surface area (Å²) in [7, 11) is 0. The summed E-state index contributed by atoms with van der Waals surface area (Å²) in [6, 6.07) is 11.6. The number of furan rings is 1. The molecule has 5 nitrogen and oxygen atoms in total. The SMILES string of the molecule is Cc1cccc(CCC(=O)NCC(=O)NCc2ccco2)c1. The van der Waals surface area contributed by atoms with Gasteiger partial charge in [0.05, 0.1) is 19.4 Å². The van der Waals surface area contributed by atoms with Crippen LogP contribution in [0.2, 0.25) is 0 Å². The number of hydrogen-bond acceptors (Lipinski definition) is 3. The molecule has 0 bridgehead atoms. The van der Waals surface area contributed by atoms with Crippen LogP contribution >= 0.6 is 0 Å². The maximum atomic E-state index is 11.7. The molecule has 0 aliphatic carbocycles. The molecule has 2 rings (SSSR count). The van der Waals surface area contributed by atoms with E-state index in [1.54, 1.807) is 18.4 Å². The molecule has 0 aliphatic rings. The van der Waals surface area contributed by atoms with Crippen molar-refractivity contribution in [2.45, 2.75) is 26.3 Å². The maximum Gasteiger partial charge on any atom is 0.239 e. The van der Waals surface area contributed by atoms with Gasteiger partial charge in [-0.3, -0.25) is 9.59 Å². The van der Waals surface area contributed by atoms with Crippen LogP contribution in [0.4, 0.5) is 0 Å². The lowest BCUT2D eigenvalue weighted by molar-refractivity contribution is -0.126. The normalized spacial score (nSPS) is 10.2. The highest BCUT2D eigenvalue weighted by atomic mass is 16.3. The predicted molar refractivity (Wildman–Crippen MR) is 83.1 cm³/mol. The van der Waals surface area contributed by atoms with E-state index in [0.717, 1.165) is 5.56 Å². The molecule has 0 atom stereocenters. The fraction of sp³-hybridized carbons (Fsp3) is 0.294. The van der Waals surface area contributed by atoms with Gasteiger partial charge >= 0.3 is 0 Å². The fourth-order valence-electron chi connectivity index (χ4n) is 2.05. The van der Waals surface area contributed by atoms with Crippen molar-refractivity contribution in [3.05, 3.63) is 59.5 Å². The van der Waals surface area contributed by atoms with E-state index in [-0.39, 0.29) is 18.4 Å². The van der Waals surface area contributed by atoms with Gasteiger partial charge in [-0.15, -0.1) is 0 Å². The van der Waals surface area contributed by atoms with E-state index < -0.39 is 0 Å². The van der Waals surface area contributed by atoms with Gasteiger partial charge < -0.3 is 15.1 Å². The zero-order valence-electron chi connectivity index (χ0n) is 12.6. The van der Waals surface area contributed by atoms with E-state index in [1.807, 2.05) is 25.1 Å². The summed E-state index contributed by atoms with van der Waals surface area (Å²) in [5, 5.41) is 5.29. The molecule has 1 aromatic carbocycles. The van der Waals surface area contributed by atoms with E-state index >= 15 is 0 Å². The Bertz CT molecular complexity index is 621. The van der Waals surface area contributed by atoms with Crippen LogP contribution in [0.5, 0.6) is 0 Å². The molecule has 0 aliphatic heterocycles. The molecule has 2 aromatic rings. The first-order chi connectivity index (χ1) is 10.6. The van der Waals surface area contributed by atoms with E-state index in [9.17, 15) is 9.59 Å². The summed E-state index contributed by atoms with van der Waals surface area (Å²) in [5.74, 6) is 0.314. The van der Waals surface area contributed by atoms with Gasteiger partial charge in [-0.2, -0.15) is 0 Å². The first kappa shape index (κ1) is 15.8. The van der Waals surface area contributed by atoms with Crippen LogP contribution in [-0.4, -0.2) is 18.4 Å². The molecule has 0 fully saturated rings. The van der Waals surface area contributed by atoms with Crippen molar-refractivity contribution in [3.63, 3.8) is 0 Å². The second-order valence-electron chi connectivity index (χ2n) is 5.12. The van der Waals surface area contributed by atoms with Crippen LogP contribution in [0.15, 0.2) is 47.1 Å². The molecule has 116 valence electrons. The Morgan fingerprint density at radius 3 is 2.68 bits per heavy atom. The van der Waals surface area contributed by atoms with Crippen LogP contribution in [0.1, 0.15) is 23.3 Å². The highest BCUT2D eigenvalue weighted by Crippen LogP contribution is 2.06. The van der Waals surface area contributed by atoms with Crippen LogP contribution in [0.3, 0.4) is 0 Å². The number of nitrogens with one attached hydrogen (secondary N) is 2. The van der Waals surface area contributed by atoms with Gasteiger partial charge in [0.1, 0.15) is 5.76 Å². The van der Waals surface area contributed by atoms with Crippen LogP contribution in [-0.2, 0) is 22.6 Å². The third-order valence-corrected chi connectivity index (χ3v) is 3.21. The molecule has 0 spiro atoms. The van der Waals surface area contributed by atoms with Crippen molar-refractivity contribution >= 4 is 11.8 Å². The Kier molecular flexibility index (Phi) is 5.77. The van der Waals surface area contributed by atoms with Gasteiger partial charge in [-0.25, -0.2) is 0 Å². The van der Waals surface area contributed by atoms with E-state index in [1.165, 1.54) is 5.56 Å². The topological polar surface area (TPSA) is 71.3 Å². The lowest BCUT2D eigenvalue weighted by Gasteiger charge is -2.06. The minimum absolute atomic E-state index is 0.0205. The summed E-state index contributed by atoms with van der Waals surface area (Å²) in [6.07, 6.45) is 2.59. The molecule has 0 unspecified atom stereocenters. The molecule has 22 heavy (non-hydrogen) atoms. The van der Waals surface area contributed by atoms with Crippen molar-refractivity contribution in [2.24, 2.45) is 0 Å². The van der Waals surface area contributed by atoms with Crippen LogP contribution in [0.25, 0.3) is 0 Å². The summed E-state index contributed by atoms with van der Waals surface area (Å²) < 4.78 is 5.10. The number of aryl methyl sites for hydroxylation is 2. The lowest BCUT2D eigenvalue weighted by atomic mass is 10.1. The van der Waals surface area contributed by atoms with Gasteiger partial charge in [0.25, 0.3) is 0 Å². The number of amides is 2. The molecule has 1 heterocycles. The second kappa shape index (κ2) is 8.02. The molecular weight excluding hydrogens is 280 g/mol. The molecule has 0 saturated carbocycles. The van der Waals surface area contributed by atoms with Gasteiger partial charge in [0.2, 0.25) is 11.8 Å². The Hall–Kier alpha value is -2.56. The van der Waals surface area contributed by atoms with Gasteiger partial charge in [-0.05, 0) is 31.0 Å². The first-order valence-electron chi connectivity index (χ1n) is 7.25. The molecular formula is C17H20N2O3. The Morgan fingerprint density at radius 1 is 1.09 bits per heavy atom. The highest BCUT2D eigenvalue weighted by Gasteiger charge is 2.06. The summed E-state index contributed by atoms with van der Waals surface area (Å²) in [4.78, 5) is 23.3. The zero-order chi connectivity index (χ0) is 15.8. The Morgan fingerprint density at radius 2 is 1.95 bits per heavy atom. The fourth-order valence-corrected chi connectivity index (χ4v) is 2.05. The number of benzene rings is 1. The summed E-state index contributed by atoms with van der Waals surface area (Å²) in [5.41, 5.74) is 2.30. The van der Waals surface area contributed by atoms with Crippen molar-refractivity contribution in [1.82, 2.24) is 10.6 Å². The van der Waals surface area contributed by atoms with E-state index in [0.29, 0.717) is 25.1 Å². The molecule has 1 aromatic heterocycles. The van der Waals surface area contributed by atoms with E-state index in [2.05, 4.69) is 16.7 Å². The molecule has 5 heteroatoms. The van der Waals surface area contributed by atoms with Gasteiger partial charge in [0.15, 0.2) is 0 Å². The number of rotatable bonds is 7. The third-order valence-electron chi connectivity index (χ3n) is 3.21. The monoisotopic (exact) mass is 300 g/mol. The van der Waals surface area contributed by atoms with Crippen molar-refractivity contribution in [3.8, 4) is 0 Å². The smallest absolute Gasteiger partial charge is 0.239 e. The van der Waals surface area contributed by atoms with Crippen molar-refractivity contribution in [1.29, 1.82) is 0 Å². The predicted octanol–water partition coefficient (Wildman–Crippen LogP) is 1.95. The minimum Gasteiger partial charge on any atom is -0.467 e. The molecule has 0 saturated heterocycles. The highest BCUT2D eigenvalue weighted by molar-refractivity contribution is 5.84. The average molecular weight is 300 g/mol. The van der Waals surface area contributed by atoms with E-state index in [4.69, 9.17) is 4.42 Å². The zero-order valence-corrected chi connectivity index (χ0v) is 12.6. The Balaban J connectivity index is 1.63. The standard InChI is InChI=1S/C17H20N2O3/c1-13-4-2-5-14(10-13)7-8-16(20)19-12-17(21)18-11-15-6-3-9-22-15/h2-6,9-10H,7-8,11-12H2,1H3,(H,18,21)(H,19,20). The third kappa shape index (κ3) is 5.44. The largest absolute Gasteiger partial charge is 0.467 e. The summed E-state index contributed by atoms with van der Waals surface area (Å²) >= 11 is 0. The van der Waals surface area contributed by atoms with Crippen LogP contribution in [0, 0.1) is 6.92 Å². The number of carbonyl (C=O) groups excluding carboxylic acids is 2. The Labute approximate surface area is 129 Å². The first-order valence-corrected chi connectivity index (χ1v) is 7.25. The van der Waals surface area contributed by atoms with Crippen molar-refractivity contribution < 1.29 is 14.0 Å². The van der Waals surface area contributed by atoms with Crippen molar-refractivity contribution in [2.75, 3.05) is 6.54 Å². The lowest BCUT2D eigenvalue weighted by Crippen LogP contribution is -2.36. The average Bonchev–Trinajstić information content (AvgIpc) is 3.02. The molecule has 0 radical (unpaired) electrons. The summed E-state index contributed by atoms with van der Waals surface area (Å²) in [6.45, 7) is 2.32. The number of hydrogen-bond donors (Lipinski definition) is 2. The quantitative estimate of drug-likeness (QED) is 0.821. The molecule has 2 amide bonds. The minimum atomic E-state index is -0.236. The number of carbonyl (C=O) groups is 2. The van der Waals surface area contributed by atoms with Crippen LogP contribution < -0.4 is 10.6 Å². The maximum absolute atomic E-state index is 11.7.